The minimum atomic E-state index is -1.03. The third kappa shape index (κ3) is 4.19. The number of hydrogen-bond acceptors (Lipinski definition) is 8. The van der Waals surface area contributed by atoms with E-state index < -0.39 is 41.2 Å². The van der Waals surface area contributed by atoms with Gasteiger partial charge in [0.25, 0.3) is 11.8 Å². The maximum atomic E-state index is 13.1. The van der Waals surface area contributed by atoms with Crippen molar-refractivity contribution in [1.82, 2.24) is 10.2 Å². The van der Waals surface area contributed by atoms with E-state index in [0.29, 0.717) is 29.8 Å². The van der Waals surface area contributed by atoms with Crippen LogP contribution in [0.3, 0.4) is 0 Å². The molecule has 184 valence electrons. The smallest absolute Gasteiger partial charge is 0.338 e. The molecule has 0 aliphatic carbocycles. The molecule has 1 unspecified atom stereocenters. The Morgan fingerprint density at radius 1 is 0.917 bits per heavy atom. The summed E-state index contributed by atoms with van der Waals surface area (Å²) in [5, 5.41) is 10.9. The first-order valence-corrected chi connectivity index (χ1v) is 11.7. The molecule has 3 aliphatic heterocycles. The van der Waals surface area contributed by atoms with E-state index in [1.165, 1.54) is 6.07 Å². The van der Waals surface area contributed by atoms with Gasteiger partial charge >= 0.3 is 5.97 Å². The van der Waals surface area contributed by atoms with Gasteiger partial charge in [-0.15, -0.1) is 0 Å². The first kappa shape index (κ1) is 23.5. The number of nitrogens with one attached hydrogen (secondary N) is 1. The predicted molar refractivity (Wildman–Crippen MR) is 126 cm³/mol. The van der Waals surface area contributed by atoms with Crippen molar-refractivity contribution < 1.29 is 28.7 Å². The molecule has 0 bridgehead atoms. The Morgan fingerprint density at radius 3 is 2.22 bits per heavy atom. The Labute approximate surface area is 206 Å². The van der Waals surface area contributed by atoms with Crippen LogP contribution in [0.1, 0.15) is 75.8 Å². The van der Waals surface area contributed by atoms with Gasteiger partial charge in [-0.3, -0.25) is 29.4 Å². The molecule has 1 atom stereocenters. The molecule has 1 saturated heterocycles. The molecule has 0 saturated carbocycles. The summed E-state index contributed by atoms with van der Waals surface area (Å²) in [5.74, 6) is -2.70. The largest absolute Gasteiger partial charge is 0.456 e. The van der Waals surface area contributed by atoms with Crippen molar-refractivity contribution >= 4 is 41.0 Å². The minimum absolute atomic E-state index is 0.0536. The van der Waals surface area contributed by atoms with Crippen LogP contribution in [0.25, 0.3) is 0 Å². The highest BCUT2D eigenvalue weighted by molar-refractivity contribution is 6.23. The zero-order valence-corrected chi connectivity index (χ0v) is 20.1. The lowest BCUT2D eigenvalue weighted by atomic mass is 9.96. The molecule has 36 heavy (non-hydrogen) atoms. The summed E-state index contributed by atoms with van der Waals surface area (Å²) in [4.78, 5) is 63.5. The van der Waals surface area contributed by atoms with Gasteiger partial charge in [-0.2, -0.15) is 10.2 Å². The second-order valence-corrected chi connectivity index (χ2v) is 10.0. The third-order valence-electron chi connectivity index (χ3n) is 6.29. The molecule has 2 aromatic rings. The summed E-state index contributed by atoms with van der Waals surface area (Å²) >= 11 is 0. The molecule has 0 aromatic heterocycles. The van der Waals surface area contributed by atoms with Gasteiger partial charge in [0.2, 0.25) is 11.8 Å². The van der Waals surface area contributed by atoms with E-state index in [4.69, 9.17) is 4.74 Å². The van der Waals surface area contributed by atoms with E-state index in [1.807, 2.05) is 6.07 Å². The molecule has 0 spiro atoms. The molecule has 10 heteroatoms. The van der Waals surface area contributed by atoms with Crippen molar-refractivity contribution in [3.63, 3.8) is 0 Å². The highest BCUT2D eigenvalue weighted by atomic mass is 16.6. The number of benzene rings is 2. The average Bonchev–Trinajstić information content (AvgIpc) is 3.03. The highest BCUT2D eigenvalue weighted by Gasteiger charge is 2.45. The van der Waals surface area contributed by atoms with Crippen LogP contribution in [-0.2, 0) is 27.2 Å². The first-order valence-electron chi connectivity index (χ1n) is 11.7. The fourth-order valence-electron chi connectivity index (χ4n) is 4.55. The lowest BCUT2D eigenvalue weighted by molar-refractivity contribution is -0.136. The third-order valence-corrected chi connectivity index (χ3v) is 6.29. The number of piperidine rings is 1. The molecule has 3 aliphatic rings. The van der Waals surface area contributed by atoms with Crippen molar-refractivity contribution in [1.29, 1.82) is 0 Å². The van der Waals surface area contributed by atoms with Crippen LogP contribution in [-0.4, -0.2) is 46.1 Å². The van der Waals surface area contributed by atoms with Crippen molar-refractivity contribution in [3.8, 4) is 0 Å². The lowest BCUT2D eigenvalue weighted by Gasteiger charge is -2.27. The van der Waals surface area contributed by atoms with Crippen molar-refractivity contribution in [3.05, 3.63) is 58.1 Å². The van der Waals surface area contributed by atoms with Gasteiger partial charge in [0, 0.05) is 6.42 Å². The number of rotatable bonds is 2. The van der Waals surface area contributed by atoms with Gasteiger partial charge < -0.3 is 4.74 Å². The number of nitrogens with zero attached hydrogens (tertiary/aromatic N) is 3. The molecule has 5 rings (SSSR count). The molecular weight excluding hydrogens is 464 g/mol. The SMILES string of the molecule is CC(C)(C)OC(=O)c1ccc2c(c1)N=Nc1cc3c(cc1CC2)C(=O)N(C1CCC(=O)NC1=O)C3=O. The van der Waals surface area contributed by atoms with Crippen LogP contribution < -0.4 is 5.32 Å². The number of aryl methyl sites for hydroxylation is 2. The summed E-state index contributed by atoms with van der Waals surface area (Å²) in [5.41, 5.74) is 2.66. The van der Waals surface area contributed by atoms with Crippen LogP contribution >= 0.6 is 0 Å². The normalized spacial score (nSPS) is 19.2. The van der Waals surface area contributed by atoms with Crippen LogP contribution in [0.15, 0.2) is 40.6 Å². The van der Waals surface area contributed by atoms with Crippen LogP contribution in [0.5, 0.6) is 0 Å². The summed E-state index contributed by atoms with van der Waals surface area (Å²) in [6.07, 6.45) is 1.25. The Balaban J connectivity index is 1.45. The van der Waals surface area contributed by atoms with Gasteiger partial charge in [0.05, 0.1) is 28.1 Å². The van der Waals surface area contributed by atoms with Crippen molar-refractivity contribution in [2.45, 2.75) is 58.1 Å². The van der Waals surface area contributed by atoms with Gasteiger partial charge in [0.1, 0.15) is 11.6 Å². The van der Waals surface area contributed by atoms with Gasteiger partial charge in [-0.1, -0.05) is 6.07 Å². The van der Waals surface area contributed by atoms with E-state index in [9.17, 15) is 24.0 Å². The standard InChI is InChI=1S/C26H24N4O6/c1-26(2,3)36-25(35)15-7-5-13-4-6-14-10-16-17(12-19(14)29-28-18(13)11-15)24(34)30(23(16)33)20-8-9-21(31)27-22(20)32/h5,7,10-12,20H,4,6,8-9H2,1-3H3,(H,27,31,32). The van der Waals surface area contributed by atoms with Crippen molar-refractivity contribution in [2.24, 2.45) is 10.2 Å². The predicted octanol–water partition coefficient (Wildman–Crippen LogP) is 3.56. The van der Waals surface area contributed by atoms with Gasteiger partial charge in [-0.05, 0) is 75.4 Å². The van der Waals surface area contributed by atoms with Crippen LogP contribution in [0.4, 0.5) is 11.4 Å². The number of carbonyl (C=O) groups is 5. The molecule has 0 radical (unpaired) electrons. The zero-order valence-electron chi connectivity index (χ0n) is 20.1. The number of carbonyl (C=O) groups excluding carboxylic acids is 5. The first-order chi connectivity index (χ1) is 17.0. The molecule has 1 fully saturated rings. The van der Waals surface area contributed by atoms with Crippen LogP contribution in [0.2, 0.25) is 0 Å². The molecule has 10 nitrogen and oxygen atoms in total. The van der Waals surface area contributed by atoms with E-state index in [0.717, 1.165) is 16.0 Å². The molecular formula is C26H24N4O6. The summed E-state index contributed by atoms with van der Waals surface area (Å²) < 4.78 is 5.44. The second-order valence-electron chi connectivity index (χ2n) is 10.0. The number of esters is 1. The topological polar surface area (TPSA) is 135 Å². The number of imide groups is 2. The van der Waals surface area contributed by atoms with Crippen molar-refractivity contribution in [2.75, 3.05) is 0 Å². The molecule has 1 N–H and O–H groups in total. The highest BCUT2D eigenvalue weighted by Crippen LogP contribution is 2.36. The number of ether oxygens (including phenoxy) is 1. The minimum Gasteiger partial charge on any atom is -0.456 e. The molecule has 2 aromatic carbocycles. The lowest BCUT2D eigenvalue weighted by Crippen LogP contribution is -2.54. The van der Waals surface area contributed by atoms with E-state index in [-0.39, 0.29) is 24.0 Å². The number of fused-ring (bicyclic) bond motifs is 3. The van der Waals surface area contributed by atoms with Crippen LogP contribution in [0, 0.1) is 0 Å². The number of amides is 4. The van der Waals surface area contributed by atoms with E-state index in [1.54, 1.807) is 39.0 Å². The molecule has 4 amide bonds. The Morgan fingerprint density at radius 2 is 1.56 bits per heavy atom. The summed E-state index contributed by atoms with van der Waals surface area (Å²) in [6.45, 7) is 5.38. The fourth-order valence-corrected chi connectivity index (χ4v) is 4.55. The monoisotopic (exact) mass is 488 g/mol. The number of hydrogen-bond donors (Lipinski definition) is 1. The second kappa shape index (κ2) is 8.47. The zero-order chi connectivity index (χ0) is 25.8. The maximum absolute atomic E-state index is 13.1. The summed E-state index contributed by atoms with van der Waals surface area (Å²) in [7, 11) is 0. The van der Waals surface area contributed by atoms with Gasteiger partial charge in [-0.25, -0.2) is 4.79 Å². The van der Waals surface area contributed by atoms with E-state index in [2.05, 4.69) is 15.5 Å². The Bertz CT molecular complexity index is 1390. The average molecular weight is 489 g/mol. The Hall–Kier alpha value is -4.21. The number of azo groups is 1. The van der Waals surface area contributed by atoms with E-state index >= 15 is 0 Å². The summed E-state index contributed by atoms with van der Waals surface area (Å²) in [6, 6.07) is 7.25. The van der Waals surface area contributed by atoms with Gasteiger partial charge in [0.15, 0.2) is 0 Å². The molecule has 3 heterocycles. The maximum Gasteiger partial charge on any atom is 0.338 e. The Kier molecular flexibility index (Phi) is 5.54. The quantitative estimate of drug-likeness (QED) is 0.507. The fraction of sp³-hybridized carbons (Fsp3) is 0.346.